The fourth-order valence-electron chi connectivity index (χ4n) is 6.15. The lowest BCUT2D eigenvalue weighted by Gasteiger charge is -2.35. The van der Waals surface area contributed by atoms with Crippen molar-refractivity contribution in [2.45, 2.75) is 58.3 Å². The molecule has 0 fully saturated rings. The molecule has 1 aliphatic rings. The van der Waals surface area contributed by atoms with Gasteiger partial charge in [0, 0.05) is 49.3 Å². The molecule has 0 spiro atoms. The van der Waals surface area contributed by atoms with E-state index in [1.165, 1.54) is 0 Å². The summed E-state index contributed by atoms with van der Waals surface area (Å²) in [5, 5.41) is 18.2. The van der Waals surface area contributed by atoms with Crippen LogP contribution in [0, 0.1) is 5.92 Å². The van der Waals surface area contributed by atoms with Gasteiger partial charge >= 0.3 is 6.03 Å². The van der Waals surface area contributed by atoms with Gasteiger partial charge in [-0.25, -0.2) is 4.79 Å². The first-order valence-corrected chi connectivity index (χ1v) is 17.3. The van der Waals surface area contributed by atoms with Crippen LogP contribution in [-0.2, 0) is 4.74 Å². The Kier molecular flexibility index (Phi) is 12.5. The summed E-state index contributed by atoms with van der Waals surface area (Å²) in [5.74, 6) is -0.434. The summed E-state index contributed by atoms with van der Waals surface area (Å²) in [6.45, 7) is 6.53. The molecule has 1 heterocycles. The minimum absolute atomic E-state index is 0.184. The molecule has 4 aromatic rings. The molecule has 0 saturated heterocycles. The third kappa shape index (κ3) is 9.19. The molecule has 50 heavy (non-hydrogen) atoms. The summed E-state index contributed by atoms with van der Waals surface area (Å²) < 4.78 is 12.7. The molecule has 0 saturated carbocycles. The Bertz CT molecular complexity index is 1760. The van der Waals surface area contributed by atoms with Gasteiger partial charge in [0.25, 0.3) is 11.8 Å². The molecule has 0 radical (unpaired) electrons. The van der Waals surface area contributed by atoms with Crippen molar-refractivity contribution >= 4 is 40.0 Å². The van der Waals surface area contributed by atoms with Crippen LogP contribution in [-0.4, -0.2) is 84.4 Å². The molecular formula is C40H48N4O6. The second-order valence-electron chi connectivity index (χ2n) is 13.2. The molecule has 264 valence electrons. The average molecular weight is 681 g/mol. The van der Waals surface area contributed by atoms with E-state index < -0.39 is 12.1 Å². The summed E-state index contributed by atoms with van der Waals surface area (Å²) in [5.41, 5.74) is 1.96. The van der Waals surface area contributed by atoms with Gasteiger partial charge in [-0.3, -0.25) is 9.59 Å². The van der Waals surface area contributed by atoms with E-state index in [1.807, 2.05) is 62.4 Å². The molecule has 0 bridgehead atoms. The highest BCUT2D eigenvalue weighted by Gasteiger charge is 2.31. The summed E-state index contributed by atoms with van der Waals surface area (Å²) in [4.78, 5) is 44.1. The molecule has 10 heteroatoms. The van der Waals surface area contributed by atoms with E-state index in [-0.39, 0.29) is 48.6 Å². The van der Waals surface area contributed by atoms with E-state index in [2.05, 4.69) is 10.6 Å². The number of aliphatic hydroxyl groups excluding tert-OH is 1. The van der Waals surface area contributed by atoms with E-state index in [0.29, 0.717) is 30.2 Å². The van der Waals surface area contributed by atoms with E-state index in [0.717, 1.165) is 35.7 Å². The topological polar surface area (TPSA) is 120 Å². The lowest BCUT2D eigenvalue weighted by molar-refractivity contribution is -0.0115. The van der Waals surface area contributed by atoms with Gasteiger partial charge in [-0.2, -0.15) is 0 Å². The second-order valence-corrected chi connectivity index (χ2v) is 13.2. The molecule has 4 aromatic carbocycles. The zero-order valence-corrected chi connectivity index (χ0v) is 29.3. The molecule has 1 aliphatic heterocycles. The summed E-state index contributed by atoms with van der Waals surface area (Å²) >= 11 is 0. The van der Waals surface area contributed by atoms with E-state index in [1.54, 1.807) is 66.2 Å². The number of fused-ring (bicyclic) bond motifs is 2. The van der Waals surface area contributed by atoms with Crippen molar-refractivity contribution in [2.75, 3.05) is 44.0 Å². The van der Waals surface area contributed by atoms with E-state index in [4.69, 9.17) is 9.47 Å². The highest BCUT2D eigenvalue weighted by atomic mass is 16.5. The van der Waals surface area contributed by atoms with Gasteiger partial charge in [0.15, 0.2) is 0 Å². The van der Waals surface area contributed by atoms with Gasteiger partial charge in [0.05, 0.1) is 36.1 Å². The van der Waals surface area contributed by atoms with Crippen LogP contribution in [0.4, 0.5) is 16.2 Å². The monoisotopic (exact) mass is 680 g/mol. The van der Waals surface area contributed by atoms with Crippen LogP contribution in [0.25, 0.3) is 10.8 Å². The third-order valence-corrected chi connectivity index (χ3v) is 9.18. The molecular weight excluding hydrogens is 632 g/mol. The van der Waals surface area contributed by atoms with Crippen LogP contribution in [0.5, 0.6) is 5.75 Å². The number of amides is 4. The first-order chi connectivity index (χ1) is 24.1. The Morgan fingerprint density at radius 3 is 2.48 bits per heavy atom. The Labute approximate surface area is 294 Å². The molecule has 0 aliphatic carbocycles. The maximum atomic E-state index is 14.4. The maximum absolute atomic E-state index is 14.4. The minimum atomic E-state index is -0.529. The van der Waals surface area contributed by atoms with Crippen LogP contribution < -0.4 is 15.4 Å². The van der Waals surface area contributed by atoms with Crippen molar-refractivity contribution in [3.8, 4) is 5.75 Å². The van der Waals surface area contributed by atoms with Gasteiger partial charge in [-0.15, -0.1) is 0 Å². The standard InChI is InChI=1S/C40H48N4O6/c1-27-24-44(28(2)26-45)39(47)34-23-32(41-38(46)31-15-6-5-7-16-31)20-21-36(34)50-29(3)13-10-11-22-49-37(27)25-43(4)40(48)42-35-19-12-17-30-14-8-9-18-33(30)35/h5-9,12,14-21,23,27-29,37,45H,10-11,13,22,24-26H2,1-4H3,(H,41,46)(H,42,48)/t27-,28-,29-,37+/m0/s1. The second kappa shape index (κ2) is 17.1. The van der Waals surface area contributed by atoms with Crippen molar-refractivity contribution in [1.29, 1.82) is 0 Å². The van der Waals surface area contributed by atoms with Crippen LogP contribution in [0.1, 0.15) is 60.7 Å². The number of carbonyl (C=O) groups excluding carboxylic acids is 3. The lowest BCUT2D eigenvalue weighted by Crippen LogP contribution is -2.48. The number of urea groups is 1. The number of aliphatic hydroxyl groups is 1. The van der Waals surface area contributed by atoms with Crippen molar-refractivity contribution in [3.05, 3.63) is 102 Å². The highest BCUT2D eigenvalue weighted by Crippen LogP contribution is 2.29. The molecule has 5 rings (SSSR count). The minimum Gasteiger partial charge on any atom is -0.490 e. The number of benzene rings is 4. The maximum Gasteiger partial charge on any atom is 0.321 e. The summed E-state index contributed by atoms with van der Waals surface area (Å²) in [6, 6.07) is 26.9. The molecule has 10 nitrogen and oxygen atoms in total. The Morgan fingerprint density at radius 2 is 1.70 bits per heavy atom. The van der Waals surface area contributed by atoms with Crippen molar-refractivity contribution in [1.82, 2.24) is 9.80 Å². The predicted molar refractivity (Wildman–Crippen MR) is 197 cm³/mol. The van der Waals surface area contributed by atoms with Gasteiger partial charge < -0.3 is 35.0 Å². The lowest BCUT2D eigenvalue weighted by atomic mass is 10.0. The number of nitrogens with zero attached hydrogens (tertiary/aromatic N) is 2. The number of hydrogen-bond donors (Lipinski definition) is 3. The molecule has 4 amide bonds. The fourth-order valence-corrected chi connectivity index (χ4v) is 6.15. The fraction of sp³-hybridized carbons (Fsp3) is 0.375. The highest BCUT2D eigenvalue weighted by molar-refractivity contribution is 6.05. The van der Waals surface area contributed by atoms with Gasteiger partial charge in [0.2, 0.25) is 0 Å². The van der Waals surface area contributed by atoms with Gasteiger partial charge in [0.1, 0.15) is 5.75 Å². The summed E-state index contributed by atoms with van der Waals surface area (Å²) in [6.07, 6.45) is 1.81. The first kappa shape index (κ1) is 36.4. The summed E-state index contributed by atoms with van der Waals surface area (Å²) in [7, 11) is 1.74. The predicted octanol–water partition coefficient (Wildman–Crippen LogP) is 7.05. The largest absolute Gasteiger partial charge is 0.490 e. The van der Waals surface area contributed by atoms with E-state index in [9.17, 15) is 19.5 Å². The number of anilines is 2. The first-order valence-electron chi connectivity index (χ1n) is 17.3. The smallest absolute Gasteiger partial charge is 0.321 e. The number of hydrogen-bond acceptors (Lipinski definition) is 6. The van der Waals surface area contributed by atoms with Crippen molar-refractivity contribution < 1.29 is 29.0 Å². The van der Waals surface area contributed by atoms with Gasteiger partial charge in [-0.05, 0) is 74.9 Å². The number of rotatable bonds is 7. The number of nitrogens with one attached hydrogen (secondary N) is 2. The number of carbonyl (C=O) groups is 3. The van der Waals surface area contributed by atoms with Crippen LogP contribution in [0.2, 0.25) is 0 Å². The Hall–Kier alpha value is -4.93. The quantitative estimate of drug-likeness (QED) is 0.192. The molecule has 0 aromatic heterocycles. The Balaban J connectivity index is 1.38. The Morgan fingerprint density at radius 1 is 0.960 bits per heavy atom. The third-order valence-electron chi connectivity index (χ3n) is 9.18. The zero-order chi connectivity index (χ0) is 35.6. The normalized spacial score (nSPS) is 19.4. The van der Waals surface area contributed by atoms with Crippen LogP contribution in [0.3, 0.4) is 0 Å². The van der Waals surface area contributed by atoms with Crippen LogP contribution >= 0.6 is 0 Å². The van der Waals surface area contributed by atoms with Gasteiger partial charge in [-0.1, -0.05) is 61.5 Å². The molecule has 3 N–H and O–H groups in total. The number of likely N-dealkylation sites (N-methyl/N-ethyl adjacent to an activating group) is 1. The number of ether oxygens (including phenoxy) is 2. The average Bonchev–Trinajstić information content (AvgIpc) is 3.13. The van der Waals surface area contributed by atoms with E-state index >= 15 is 0 Å². The molecule has 0 unspecified atom stereocenters. The molecule has 4 atom stereocenters. The van der Waals surface area contributed by atoms with Crippen molar-refractivity contribution in [3.63, 3.8) is 0 Å². The zero-order valence-electron chi connectivity index (χ0n) is 29.3. The SMILES string of the molecule is C[C@H]1CCCCO[C@H](CN(C)C(=O)Nc2cccc3ccccc23)[C@@H](C)CN([C@@H](C)CO)C(=O)c2cc(NC(=O)c3ccccc3)ccc2O1. The van der Waals surface area contributed by atoms with Crippen molar-refractivity contribution in [2.24, 2.45) is 5.92 Å². The van der Waals surface area contributed by atoms with Crippen LogP contribution in [0.15, 0.2) is 91.0 Å².